The molecule has 2 rings (SSSR count). The molecular formula is C15H22Cl2N2O. The summed E-state index contributed by atoms with van der Waals surface area (Å²) in [6.45, 7) is 6.25. The van der Waals surface area contributed by atoms with E-state index in [2.05, 4.69) is 9.80 Å². The molecule has 0 aliphatic carbocycles. The summed E-state index contributed by atoms with van der Waals surface area (Å²) in [6.07, 6.45) is 1.18. The number of alkyl halides is 1. The van der Waals surface area contributed by atoms with E-state index in [9.17, 15) is 0 Å². The molecule has 1 aliphatic heterocycles. The summed E-state index contributed by atoms with van der Waals surface area (Å²) < 4.78 is 5.42. The first-order chi connectivity index (χ1) is 9.72. The molecule has 1 aliphatic rings. The Morgan fingerprint density at radius 1 is 1.15 bits per heavy atom. The van der Waals surface area contributed by atoms with Gasteiger partial charge in [-0.15, -0.1) is 11.6 Å². The van der Waals surface area contributed by atoms with Crippen LogP contribution in [-0.4, -0.2) is 55.5 Å². The van der Waals surface area contributed by atoms with E-state index < -0.39 is 0 Å². The fourth-order valence-electron chi connectivity index (χ4n) is 2.64. The van der Waals surface area contributed by atoms with Gasteiger partial charge in [-0.05, 0) is 37.7 Å². The van der Waals surface area contributed by atoms with E-state index in [4.69, 9.17) is 27.9 Å². The molecule has 3 nitrogen and oxygen atoms in total. The van der Waals surface area contributed by atoms with E-state index in [1.807, 2.05) is 18.2 Å². The van der Waals surface area contributed by atoms with Gasteiger partial charge in [0.2, 0.25) is 0 Å². The van der Waals surface area contributed by atoms with Crippen LogP contribution in [0.25, 0.3) is 0 Å². The molecule has 112 valence electrons. The zero-order valence-electron chi connectivity index (χ0n) is 11.9. The maximum Gasteiger partial charge on any atom is 0.123 e. The number of methoxy groups -OCH3 is 1. The lowest BCUT2D eigenvalue weighted by Gasteiger charge is -2.22. The van der Waals surface area contributed by atoms with Gasteiger partial charge in [-0.2, -0.15) is 0 Å². The van der Waals surface area contributed by atoms with Crippen molar-refractivity contribution in [2.45, 2.75) is 13.0 Å². The molecule has 0 atom stereocenters. The monoisotopic (exact) mass is 316 g/mol. The summed E-state index contributed by atoms with van der Waals surface area (Å²) in [5, 5.41) is 0.763. The molecule has 1 fully saturated rings. The molecule has 1 heterocycles. The van der Waals surface area contributed by atoms with Crippen molar-refractivity contribution in [1.82, 2.24) is 9.80 Å². The summed E-state index contributed by atoms with van der Waals surface area (Å²) in [6, 6.07) is 5.81. The molecule has 0 spiro atoms. The maximum atomic E-state index is 6.09. The van der Waals surface area contributed by atoms with Crippen LogP contribution in [0.2, 0.25) is 5.02 Å². The smallest absolute Gasteiger partial charge is 0.123 e. The molecule has 0 aromatic heterocycles. The first kappa shape index (κ1) is 15.9. The van der Waals surface area contributed by atoms with Crippen molar-refractivity contribution >= 4 is 23.2 Å². The summed E-state index contributed by atoms with van der Waals surface area (Å²) >= 11 is 11.9. The third-order valence-corrected chi connectivity index (χ3v) is 4.12. The van der Waals surface area contributed by atoms with Crippen LogP contribution in [0.15, 0.2) is 18.2 Å². The van der Waals surface area contributed by atoms with Crippen LogP contribution in [0.5, 0.6) is 5.75 Å². The summed E-state index contributed by atoms with van der Waals surface area (Å²) in [5.41, 5.74) is 1.16. The lowest BCUT2D eigenvalue weighted by Crippen LogP contribution is -2.31. The van der Waals surface area contributed by atoms with E-state index in [-0.39, 0.29) is 0 Å². The van der Waals surface area contributed by atoms with Crippen molar-refractivity contribution in [2.75, 3.05) is 45.7 Å². The van der Waals surface area contributed by atoms with Crippen LogP contribution >= 0.6 is 23.2 Å². The Hall–Kier alpha value is -0.480. The number of ether oxygens (including phenoxy) is 1. The molecule has 0 amide bonds. The Labute approximate surface area is 131 Å². The fourth-order valence-corrected chi connectivity index (χ4v) is 3.07. The first-order valence-electron chi connectivity index (χ1n) is 7.06. The zero-order valence-corrected chi connectivity index (χ0v) is 13.5. The Morgan fingerprint density at radius 3 is 2.65 bits per heavy atom. The summed E-state index contributed by atoms with van der Waals surface area (Å²) in [5.74, 6) is 1.62. The molecule has 0 bridgehead atoms. The number of rotatable bonds is 5. The predicted molar refractivity (Wildman–Crippen MR) is 85.1 cm³/mol. The number of hydrogen-bond acceptors (Lipinski definition) is 3. The molecule has 5 heteroatoms. The van der Waals surface area contributed by atoms with E-state index in [1.54, 1.807) is 7.11 Å². The normalized spacial score (nSPS) is 17.9. The van der Waals surface area contributed by atoms with Crippen molar-refractivity contribution in [2.24, 2.45) is 0 Å². The van der Waals surface area contributed by atoms with Crippen LogP contribution in [0.4, 0.5) is 0 Å². The Balaban J connectivity index is 1.97. The minimum Gasteiger partial charge on any atom is -0.496 e. The fraction of sp³-hybridized carbons (Fsp3) is 0.600. The first-order valence-corrected chi connectivity index (χ1v) is 7.97. The number of benzene rings is 1. The van der Waals surface area contributed by atoms with Crippen molar-refractivity contribution in [3.8, 4) is 5.75 Å². The van der Waals surface area contributed by atoms with Crippen LogP contribution < -0.4 is 4.74 Å². The molecule has 1 aromatic rings. The van der Waals surface area contributed by atoms with Crippen LogP contribution in [0.1, 0.15) is 12.0 Å². The third kappa shape index (κ3) is 4.52. The van der Waals surface area contributed by atoms with E-state index in [0.717, 1.165) is 55.6 Å². The molecule has 1 aromatic carbocycles. The van der Waals surface area contributed by atoms with Gasteiger partial charge in [-0.25, -0.2) is 0 Å². The van der Waals surface area contributed by atoms with E-state index in [0.29, 0.717) is 5.88 Å². The van der Waals surface area contributed by atoms with Crippen LogP contribution in [-0.2, 0) is 6.54 Å². The van der Waals surface area contributed by atoms with Gasteiger partial charge in [0.05, 0.1) is 7.11 Å². The standard InChI is InChI=1S/C15H22Cl2N2O/c1-20-15-4-3-14(17)11-13(15)12-19-7-2-6-18(8-5-16)9-10-19/h3-4,11H,2,5-10,12H2,1H3. The Bertz CT molecular complexity index is 428. The second-order valence-corrected chi connectivity index (χ2v) is 5.93. The third-order valence-electron chi connectivity index (χ3n) is 3.72. The highest BCUT2D eigenvalue weighted by Crippen LogP contribution is 2.24. The number of halogens is 2. The van der Waals surface area contributed by atoms with Gasteiger partial charge < -0.3 is 9.64 Å². The Kier molecular flexibility index (Phi) is 6.43. The minimum absolute atomic E-state index is 0.710. The SMILES string of the molecule is COc1ccc(Cl)cc1CN1CCCN(CCCl)CC1. The quantitative estimate of drug-likeness (QED) is 0.776. The molecule has 1 saturated heterocycles. The van der Waals surface area contributed by atoms with E-state index in [1.165, 1.54) is 6.42 Å². The highest BCUT2D eigenvalue weighted by molar-refractivity contribution is 6.30. The highest BCUT2D eigenvalue weighted by Gasteiger charge is 2.16. The van der Waals surface area contributed by atoms with Gasteiger partial charge in [0.15, 0.2) is 0 Å². The van der Waals surface area contributed by atoms with Gasteiger partial charge in [-0.3, -0.25) is 4.90 Å². The van der Waals surface area contributed by atoms with Gasteiger partial charge in [0.1, 0.15) is 5.75 Å². The average Bonchev–Trinajstić information content (AvgIpc) is 2.65. The van der Waals surface area contributed by atoms with Gasteiger partial charge in [0.25, 0.3) is 0 Å². The summed E-state index contributed by atoms with van der Waals surface area (Å²) in [4.78, 5) is 4.89. The molecule has 0 N–H and O–H groups in total. The van der Waals surface area contributed by atoms with Crippen molar-refractivity contribution in [3.05, 3.63) is 28.8 Å². The average molecular weight is 317 g/mol. The molecule has 0 saturated carbocycles. The van der Waals surface area contributed by atoms with Gasteiger partial charge in [0, 0.05) is 42.6 Å². The zero-order chi connectivity index (χ0) is 14.4. The minimum atomic E-state index is 0.710. The highest BCUT2D eigenvalue weighted by atomic mass is 35.5. The maximum absolute atomic E-state index is 6.09. The topological polar surface area (TPSA) is 15.7 Å². The number of hydrogen-bond donors (Lipinski definition) is 0. The van der Waals surface area contributed by atoms with Gasteiger partial charge in [-0.1, -0.05) is 11.6 Å². The van der Waals surface area contributed by atoms with Crippen LogP contribution in [0, 0.1) is 0 Å². The largest absolute Gasteiger partial charge is 0.496 e. The second kappa shape index (κ2) is 8.08. The Morgan fingerprint density at radius 2 is 1.90 bits per heavy atom. The second-order valence-electron chi connectivity index (χ2n) is 5.12. The molecule has 0 unspecified atom stereocenters. The van der Waals surface area contributed by atoms with Crippen LogP contribution in [0.3, 0.4) is 0 Å². The summed E-state index contributed by atoms with van der Waals surface area (Å²) in [7, 11) is 1.71. The van der Waals surface area contributed by atoms with E-state index >= 15 is 0 Å². The number of nitrogens with zero attached hydrogens (tertiary/aromatic N) is 2. The molecule has 0 radical (unpaired) electrons. The van der Waals surface area contributed by atoms with Crippen molar-refractivity contribution in [1.29, 1.82) is 0 Å². The van der Waals surface area contributed by atoms with Crippen molar-refractivity contribution in [3.63, 3.8) is 0 Å². The van der Waals surface area contributed by atoms with Crippen molar-refractivity contribution < 1.29 is 4.74 Å². The predicted octanol–water partition coefficient (Wildman–Crippen LogP) is 3.10. The lowest BCUT2D eigenvalue weighted by atomic mass is 10.2. The van der Waals surface area contributed by atoms with Gasteiger partial charge >= 0.3 is 0 Å². The molecular weight excluding hydrogens is 295 g/mol. The molecule has 20 heavy (non-hydrogen) atoms. The lowest BCUT2D eigenvalue weighted by molar-refractivity contribution is 0.255.